The number of Topliss-reactive ketones (excluding diaryl/α,β-unsaturated/α-hetero) is 1. The normalized spacial score (nSPS) is 15.7. The predicted molar refractivity (Wildman–Crippen MR) is 143 cm³/mol. The predicted octanol–water partition coefficient (Wildman–Crippen LogP) is 3.61. The summed E-state index contributed by atoms with van der Waals surface area (Å²) < 4.78 is 0. The summed E-state index contributed by atoms with van der Waals surface area (Å²) in [7, 11) is 0. The molecular weight excluding hydrogens is 470 g/mol. The third-order valence-corrected chi connectivity index (χ3v) is 6.37. The molecule has 4 rings (SSSR count). The second-order valence-corrected chi connectivity index (χ2v) is 9.33. The van der Waals surface area contributed by atoms with Crippen LogP contribution >= 0.6 is 0 Å². The summed E-state index contributed by atoms with van der Waals surface area (Å²) in [5, 5.41) is 1.36. The number of hydrogen-bond acceptors (Lipinski definition) is 7. The molecule has 2 aliphatic rings. The minimum atomic E-state index is -0.280. The number of nitrogen functional groups attached to an aromatic ring is 1. The molecule has 194 valence electrons. The Morgan fingerprint density at radius 2 is 1.86 bits per heavy atom. The number of aliphatic imine (C=N–C) groups is 1. The van der Waals surface area contributed by atoms with Crippen molar-refractivity contribution in [1.29, 1.82) is 0 Å². The van der Waals surface area contributed by atoms with Gasteiger partial charge in [-0.2, -0.15) is 0 Å². The second kappa shape index (κ2) is 11.8. The van der Waals surface area contributed by atoms with E-state index in [1.807, 2.05) is 19.1 Å². The number of anilines is 1. The highest BCUT2D eigenvalue weighted by atomic mass is 16.7. The van der Waals surface area contributed by atoms with Gasteiger partial charge in [0.25, 0.3) is 11.8 Å². The Bertz CT molecular complexity index is 1240. The summed E-state index contributed by atoms with van der Waals surface area (Å²) in [4.78, 5) is 50.3. The highest BCUT2D eigenvalue weighted by Gasteiger charge is 2.24. The van der Waals surface area contributed by atoms with Gasteiger partial charge in [0, 0.05) is 61.3 Å². The number of amides is 2. The zero-order valence-corrected chi connectivity index (χ0v) is 21.1. The van der Waals surface area contributed by atoms with Gasteiger partial charge < -0.3 is 16.4 Å². The van der Waals surface area contributed by atoms with E-state index in [9.17, 15) is 14.4 Å². The van der Waals surface area contributed by atoms with Gasteiger partial charge >= 0.3 is 0 Å². The number of carbonyl (C=O) groups excluding carboxylic acids is 3. The van der Waals surface area contributed by atoms with Crippen LogP contribution in [0.2, 0.25) is 0 Å². The summed E-state index contributed by atoms with van der Waals surface area (Å²) in [6.45, 7) is 3.59. The van der Waals surface area contributed by atoms with Gasteiger partial charge in [0.1, 0.15) is 18.2 Å². The van der Waals surface area contributed by atoms with E-state index in [2.05, 4.69) is 4.99 Å². The molecule has 0 spiro atoms. The van der Waals surface area contributed by atoms with Gasteiger partial charge in [0.05, 0.1) is 5.69 Å². The zero-order valence-electron chi connectivity index (χ0n) is 21.1. The van der Waals surface area contributed by atoms with E-state index in [1.54, 1.807) is 41.3 Å². The molecule has 1 saturated heterocycles. The Hall–Kier alpha value is -3.98. The Labute approximate surface area is 216 Å². The van der Waals surface area contributed by atoms with Crippen LogP contribution in [0.15, 0.2) is 53.0 Å². The van der Waals surface area contributed by atoms with Crippen molar-refractivity contribution in [2.75, 3.05) is 25.4 Å². The van der Waals surface area contributed by atoms with Crippen LogP contribution in [0, 0.1) is 0 Å². The molecule has 2 heterocycles. The van der Waals surface area contributed by atoms with E-state index < -0.39 is 0 Å². The smallest absolute Gasteiger partial charge is 0.273 e. The number of nitrogens with zero attached hydrogens (tertiary/aromatic N) is 3. The molecule has 4 N–H and O–H groups in total. The number of hydrogen-bond donors (Lipinski definition) is 2. The molecule has 9 heteroatoms. The number of fused-ring (bicyclic) bond motifs is 1. The molecule has 0 unspecified atom stereocenters. The van der Waals surface area contributed by atoms with Crippen LogP contribution in [0.5, 0.6) is 0 Å². The zero-order chi connectivity index (χ0) is 26.4. The van der Waals surface area contributed by atoms with Gasteiger partial charge in [0.15, 0.2) is 0 Å². The molecule has 2 amide bonds. The second-order valence-electron chi connectivity index (χ2n) is 9.33. The van der Waals surface area contributed by atoms with E-state index in [-0.39, 0.29) is 36.5 Å². The number of ketones is 1. The molecule has 0 aliphatic carbocycles. The number of carbonyl (C=O) groups is 3. The van der Waals surface area contributed by atoms with Crippen molar-refractivity contribution in [3.8, 4) is 0 Å². The van der Waals surface area contributed by atoms with Crippen LogP contribution in [-0.2, 0) is 21.0 Å². The van der Waals surface area contributed by atoms with Crippen molar-refractivity contribution in [2.24, 2.45) is 10.7 Å². The SMILES string of the molecule is CCCN(OCc1ccc(N)cc1)C(=O)C1=Cc2ccc(C(=O)N3CCCC(=O)CC3)cc2N=C(N)C1. The van der Waals surface area contributed by atoms with Crippen LogP contribution in [0.3, 0.4) is 0 Å². The number of amidine groups is 1. The van der Waals surface area contributed by atoms with Gasteiger partial charge in [-0.1, -0.05) is 25.1 Å². The van der Waals surface area contributed by atoms with Crippen LogP contribution in [0.4, 0.5) is 11.4 Å². The lowest BCUT2D eigenvalue weighted by molar-refractivity contribution is -0.187. The quantitative estimate of drug-likeness (QED) is 0.438. The van der Waals surface area contributed by atoms with Crippen molar-refractivity contribution in [1.82, 2.24) is 9.96 Å². The average molecular weight is 504 g/mol. The third-order valence-electron chi connectivity index (χ3n) is 6.37. The Kier molecular flexibility index (Phi) is 8.35. The fraction of sp³-hybridized carbons (Fsp3) is 0.357. The lowest BCUT2D eigenvalue weighted by Crippen LogP contribution is -2.34. The first kappa shape index (κ1) is 26.1. The van der Waals surface area contributed by atoms with Gasteiger partial charge in [-0.15, -0.1) is 0 Å². The highest BCUT2D eigenvalue weighted by Crippen LogP contribution is 2.29. The first-order valence-electron chi connectivity index (χ1n) is 12.6. The first-order valence-corrected chi connectivity index (χ1v) is 12.6. The van der Waals surface area contributed by atoms with Crippen molar-refractivity contribution in [2.45, 2.75) is 45.6 Å². The summed E-state index contributed by atoms with van der Waals surface area (Å²) in [6, 6.07) is 12.5. The molecule has 2 aliphatic heterocycles. The largest absolute Gasteiger partial charge is 0.399 e. The highest BCUT2D eigenvalue weighted by molar-refractivity contribution is 6.05. The van der Waals surface area contributed by atoms with Crippen molar-refractivity contribution in [3.63, 3.8) is 0 Å². The molecule has 0 radical (unpaired) electrons. The van der Waals surface area contributed by atoms with Crippen molar-refractivity contribution >= 4 is 40.9 Å². The minimum Gasteiger partial charge on any atom is -0.399 e. The number of likely N-dealkylation sites (tertiary alicyclic amines) is 1. The Morgan fingerprint density at radius 1 is 1.08 bits per heavy atom. The maximum atomic E-state index is 13.4. The maximum absolute atomic E-state index is 13.4. The minimum absolute atomic E-state index is 0.138. The standard InChI is InChI=1S/C28H33N5O4/c1-2-12-33(37-18-19-5-9-23(29)10-6-19)28(36)22-15-20-7-8-21(16-25(20)31-26(30)17-22)27(35)32-13-3-4-24(34)11-14-32/h5-10,15-16H,2-4,11-14,17-18,29H2,1H3,(H2,30,31). The topological polar surface area (TPSA) is 131 Å². The molecule has 37 heavy (non-hydrogen) atoms. The molecule has 1 fully saturated rings. The molecule has 2 aromatic carbocycles. The van der Waals surface area contributed by atoms with Crippen LogP contribution < -0.4 is 11.5 Å². The molecule has 0 bridgehead atoms. The van der Waals surface area contributed by atoms with Gasteiger partial charge in [-0.05, 0) is 48.7 Å². The molecular formula is C28H33N5O4. The molecule has 0 atom stereocenters. The summed E-state index contributed by atoms with van der Waals surface area (Å²) in [5.41, 5.74) is 15.7. The van der Waals surface area contributed by atoms with Crippen molar-refractivity contribution < 1.29 is 19.2 Å². The maximum Gasteiger partial charge on any atom is 0.273 e. The average Bonchev–Trinajstić information content (AvgIpc) is 3.21. The lowest BCUT2D eigenvalue weighted by atomic mass is 10.0. The Balaban J connectivity index is 1.53. The number of rotatable bonds is 7. The summed E-state index contributed by atoms with van der Waals surface area (Å²) >= 11 is 0. The van der Waals surface area contributed by atoms with Crippen molar-refractivity contribution in [3.05, 3.63) is 64.7 Å². The molecule has 0 saturated carbocycles. The van der Waals surface area contributed by atoms with E-state index in [4.69, 9.17) is 16.3 Å². The summed E-state index contributed by atoms with van der Waals surface area (Å²) in [6.07, 6.45) is 4.20. The molecule has 0 aromatic heterocycles. The molecule has 2 aromatic rings. The monoisotopic (exact) mass is 503 g/mol. The lowest BCUT2D eigenvalue weighted by Gasteiger charge is -2.22. The number of nitrogens with two attached hydrogens (primary N) is 2. The van der Waals surface area contributed by atoms with Crippen LogP contribution in [0.25, 0.3) is 6.08 Å². The Morgan fingerprint density at radius 3 is 2.62 bits per heavy atom. The van der Waals surface area contributed by atoms with E-state index in [0.717, 1.165) is 5.56 Å². The van der Waals surface area contributed by atoms with Gasteiger partial charge in [0.2, 0.25) is 0 Å². The fourth-order valence-corrected chi connectivity index (χ4v) is 4.36. The molecule has 9 nitrogen and oxygen atoms in total. The van der Waals surface area contributed by atoms with Crippen LogP contribution in [-0.4, -0.2) is 53.0 Å². The first-order chi connectivity index (χ1) is 17.8. The van der Waals surface area contributed by atoms with Crippen LogP contribution in [0.1, 0.15) is 60.5 Å². The number of benzene rings is 2. The van der Waals surface area contributed by atoms with Gasteiger partial charge in [-0.25, -0.2) is 10.1 Å². The van der Waals surface area contributed by atoms with E-state index in [0.29, 0.717) is 73.4 Å². The number of hydroxylamine groups is 2. The van der Waals surface area contributed by atoms with E-state index in [1.165, 1.54) is 5.06 Å². The fourth-order valence-electron chi connectivity index (χ4n) is 4.36. The third kappa shape index (κ3) is 6.62. The summed E-state index contributed by atoms with van der Waals surface area (Å²) in [5.74, 6) is 0.0449. The van der Waals surface area contributed by atoms with E-state index >= 15 is 0 Å². The van der Waals surface area contributed by atoms with Gasteiger partial charge in [-0.3, -0.25) is 19.2 Å².